The number of rotatable bonds is 3. The van der Waals surface area contributed by atoms with Gasteiger partial charge in [0, 0.05) is 16.6 Å². The van der Waals surface area contributed by atoms with Crippen LogP contribution in [0.3, 0.4) is 0 Å². The third-order valence-electron chi connectivity index (χ3n) is 4.34. The zero-order valence-corrected chi connectivity index (χ0v) is 36.0. The second-order valence-electron chi connectivity index (χ2n) is 14.1. The van der Waals surface area contributed by atoms with E-state index in [1.54, 1.807) is 0 Å². The maximum atomic E-state index is 2.39. The molecular formula is C32H58Si3Sn2. The van der Waals surface area contributed by atoms with Crippen molar-refractivity contribution in [1.29, 1.82) is 0 Å². The molecule has 5 heteroatoms. The van der Waals surface area contributed by atoms with Gasteiger partial charge in [0.2, 0.25) is 0 Å². The summed E-state index contributed by atoms with van der Waals surface area (Å²) in [6, 6.07) is 21.2. The van der Waals surface area contributed by atoms with Gasteiger partial charge in [-0.3, -0.25) is 0 Å². The van der Waals surface area contributed by atoms with E-state index in [4.69, 9.17) is 0 Å². The molecule has 0 unspecified atom stereocenters. The van der Waals surface area contributed by atoms with Crippen LogP contribution in [0.4, 0.5) is 0 Å². The molecule has 0 aromatic heterocycles. The van der Waals surface area contributed by atoms with E-state index in [2.05, 4.69) is 170 Å². The first-order chi connectivity index (χ1) is 16.5. The van der Waals surface area contributed by atoms with Crippen LogP contribution in [0.25, 0.3) is 0 Å². The summed E-state index contributed by atoms with van der Waals surface area (Å²) in [5.41, 5.74) is 0. The minimum absolute atomic E-state index is 0.150. The Morgan fingerprint density at radius 2 is 0.649 bits per heavy atom. The van der Waals surface area contributed by atoms with Gasteiger partial charge < -0.3 is 0 Å². The van der Waals surface area contributed by atoms with Crippen LogP contribution in [0.2, 0.25) is 39.9 Å². The fourth-order valence-corrected chi connectivity index (χ4v) is 17.4. The molecular weight excluding hydrogens is 706 g/mol. The maximum Gasteiger partial charge on any atom is 0.121 e. The first-order valence-corrected chi connectivity index (χ1v) is 26.3. The molecule has 0 atom stereocenters. The average molecular weight is 764 g/mol. The molecule has 0 amide bonds. The third kappa shape index (κ3) is 32.8. The fraction of sp³-hybridized carbons (Fsp3) is 0.625. The van der Waals surface area contributed by atoms with Crippen LogP contribution in [0.5, 0.6) is 0 Å². The summed E-state index contributed by atoms with van der Waals surface area (Å²) in [5, 5.41) is 2.79. The van der Waals surface area contributed by atoms with Gasteiger partial charge in [-0.05, 0) is 0 Å². The molecule has 0 nitrogen and oxygen atoms in total. The predicted molar refractivity (Wildman–Crippen MR) is 183 cm³/mol. The Morgan fingerprint density at radius 3 is 0.784 bits per heavy atom. The van der Waals surface area contributed by atoms with Gasteiger partial charge in [0.05, 0.1) is 0 Å². The van der Waals surface area contributed by atoms with Crippen LogP contribution in [0.15, 0.2) is 60.7 Å². The second-order valence-corrected chi connectivity index (χ2v) is 44.1. The van der Waals surface area contributed by atoms with Crippen LogP contribution >= 0.6 is 0 Å². The molecule has 0 saturated heterocycles. The zero-order chi connectivity index (χ0) is 29.5. The molecule has 0 aliphatic heterocycles. The molecule has 0 heterocycles. The van der Waals surface area contributed by atoms with Crippen molar-refractivity contribution >= 4 is 78.8 Å². The predicted octanol–water partition coefficient (Wildman–Crippen LogP) is 9.17. The zero-order valence-electron chi connectivity index (χ0n) is 27.3. The Bertz CT molecular complexity index is 699. The monoisotopic (exact) mass is 766 g/mol. The SMILES string of the molecule is C[C](C)(C)[Sn][C](C)(C)C.C[C](C)(C)[Sn][C](C)(C)C.C[Si](C)[Si](C)C.c1ccc([Si]c2ccccc2)cc1. The molecule has 0 aliphatic carbocycles. The molecule has 0 N–H and O–H groups in total. The van der Waals surface area contributed by atoms with Crippen LogP contribution < -0.4 is 10.4 Å². The Kier molecular flexibility index (Phi) is 20.4. The van der Waals surface area contributed by atoms with Crippen molar-refractivity contribution in [2.24, 2.45) is 0 Å². The molecule has 0 fully saturated rings. The largest absolute Gasteiger partial charge is 0.121 e. The minimum Gasteiger partial charge on any atom is -0.0735 e. The second kappa shape index (κ2) is 18.9. The van der Waals surface area contributed by atoms with Gasteiger partial charge in [0.1, 0.15) is 9.52 Å². The molecule has 8 radical (unpaired) electrons. The van der Waals surface area contributed by atoms with Crippen molar-refractivity contribution in [3.63, 3.8) is 0 Å². The van der Waals surface area contributed by atoms with E-state index in [9.17, 15) is 0 Å². The van der Waals surface area contributed by atoms with E-state index in [1.165, 1.54) is 10.4 Å². The van der Waals surface area contributed by atoms with Crippen LogP contribution in [-0.4, -0.2) is 68.4 Å². The molecule has 206 valence electrons. The Labute approximate surface area is 260 Å². The van der Waals surface area contributed by atoms with Gasteiger partial charge in [-0.15, -0.1) is 0 Å². The molecule has 0 spiro atoms. The normalized spacial score (nSPS) is 12.1. The third-order valence-corrected chi connectivity index (χ3v) is 22.1. The van der Waals surface area contributed by atoms with E-state index >= 15 is 0 Å². The first kappa shape index (κ1) is 39.8. The molecule has 2 rings (SSSR count). The van der Waals surface area contributed by atoms with Gasteiger partial charge in [-0.25, -0.2) is 0 Å². The van der Waals surface area contributed by atoms with Crippen molar-refractivity contribution in [3.8, 4) is 0 Å². The summed E-state index contributed by atoms with van der Waals surface area (Å²) in [5.74, 6) is 0. The van der Waals surface area contributed by atoms with E-state index < -0.39 is 0 Å². The number of hydrogen-bond donors (Lipinski definition) is 0. The molecule has 37 heavy (non-hydrogen) atoms. The Morgan fingerprint density at radius 1 is 0.432 bits per heavy atom. The summed E-state index contributed by atoms with van der Waals surface area (Å²) in [6.07, 6.45) is 0. The van der Waals surface area contributed by atoms with Gasteiger partial charge >= 0.3 is 139 Å². The summed E-state index contributed by atoms with van der Waals surface area (Å²) in [6.45, 7) is 37.9. The van der Waals surface area contributed by atoms with Crippen LogP contribution in [0, 0.1) is 0 Å². The minimum atomic E-state index is -0.182. The number of benzene rings is 2. The maximum absolute atomic E-state index is 2.39. The number of hydrogen-bond acceptors (Lipinski definition) is 0. The van der Waals surface area contributed by atoms with E-state index in [0.29, 0.717) is 13.7 Å². The molecule has 0 bridgehead atoms. The van der Waals surface area contributed by atoms with Crippen molar-refractivity contribution in [3.05, 3.63) is 60.7 Å². The first-order valence-electron chi connectivity index (χ1n) is 13.6. The van der Waals surface area contributed by atoms with Gasteiger partial charge in [-0.1, -0.05) is 97.2 Å². The van der Waals surface area contributed by atoms with Crippen LogP contribution in [-0.2, 0) is 0 Å². The smallest absolute Gasteiger partial charge is 0.0735 e. The molecule has 0 aliphatic rings. The van der Waals surface area contributed by atoms with Crippen LogP contribution in [0.1, 0.15) is 83.1 Å². The van der Waals surface area contributed by atoms with Crippen molar-refractivity contribution in [2.75, 3.05) is 0 Å². The average Bonchev–Trinajstić information content (AvgIpc) is 2.65. The quantitative estimate of drug-likeness (QED) is 0.274. The van der Waals surface area contributed by atoms with Crippen molar-refractivity contribution < 1.29 is 0 Å². The summed E-state index contributed by atoms with van der Waals surface area (Å²) < 4.78 is 2.62. The molecule has 2 aromatic carbocycles. The summed E-state index contributed by atoms with van der Waals surface area (Å²) in [4.78, 5) is 0. The van der Waals surface area contributed by atoms with Gasteiger partial charge in [0.15, 0.2) is 0 Å². The van der Waals surface area contributed by atoms with Crippen molar-refractivity contribution in [2.45, 2.75) is 123 Å². The van der Waals surface area contributed by atoms with E-state index in [-0.39, 0.29) is 58.9 Å². The molecule has 2 aromatic rings. The topological polar surface area (TPSA) is 0 Å². The summed E-state index contributed by atoms with van der Waals surface area (Å²) in [7, 11) is 1.08. The van der Waals surface area contributed by atoms with E-state index in [0.717, 1.165) is 9.52 Å². The molecule has 0 saturated carbocycles. The van der Waals surface area contributed by atoms with Crippen molar-refractivity contribution in [1.82, 2.24) is 0 Å². The standard InChI is InChI=1S/C12H10Si.C4H12Si2.4C4H9.2Sn/c1-3-7-11(8-4-1)13-12-9-5-2-6-10-12;1-5(2)6(3)4;4*1-4(2)3;;/h1-10H;1-4H3;4*1-3H3;;. The Hall–Kier alpha value is 0.688. The van der Waals surface area contributed by atoms with E-state index in [1.807, 2.05) is 0 Å². The van der Waals surface area contributed by atoms with Gasteiger partial charge in [-0.2, -0.15) is 0 Å². The summed E-state index contributed by atoms with van der Waals surface area (Å²) >= 11 is -0.363. The Balaban J connectivity index is 0. The fourth-order valence-electron chi connectivity index (χ4n) is 3.46. The van der Waals surface area contributed by atoms with Gasteiger partial charge in [0.25, 0.3) is 0 Å².